The van der Waals surface area contributed by atoms with Crippen LogP contribution in [0.5, 0.6) is 0 Å². The number of benzene rings is 2. The van der Waals surface area contributed by atoms with Gasteiger partial charge in [0, 0.05) is 18.7 Å². The predicted octanol–water partition coefficient (Wildman–Crippen LogP) is 3.04. The van der Waals surface area contributed by atoms with E-state index in [0.29, 0.717) is 30.3 Å². The first-order chi connectivity index (χ1) is 12.0. The van der Waals surface area contributed by atoms with Crippen LogP contribution in [0.15, 0.2) is 59.5 Å². The average molecular weight is 358 g/mol. The first-order valence-electron chi connectivity index (χ1n) is 8.48. The summed E-state index contributed by atoms with van der Waals surface area (Å²) in [5.41, 5.74) is 0.972. The summed E-state index contributed by atoms with van der Waals surface area (Å²) >= 11 is 0. The number of rotatable bonds is 7. The Labute approximate surface area is 148 Å². The van der Waals surface area contributed by atoms with Gasteiger partial charge in [0.1, 0.15) is 0 Å². The third-order valence-corrected chi connectivity index (χ3v) is 6.16. The van der Waals surface area contributed by atoms with Gasteiger partial charge in [0.2, 0.25) is 0 Å². The highest BCUT2D eigenvalue weighted by molar-refractivity contribution is 7.92. The fraction of sp³-hybridized carbons (Fsp3) is 0.316. The SMILES string of the molecule is CCN(c1ccccc1)S(=O)(=O)c1cccc(C(=O)NCC2CC2)c1. The fourth-order valence-electron chi connectivity index (χ4n) is 2.67. The van der Waals surface area contributed by atoms with Gasteiger partial charge in [-0.15, -0.1) is 0 Å². The van der Waals surface area contributed by atoms with E-state index in [4.69, 9.17) is 0 Å². The van der Waals surface area contributed by atoms with Crippen LogP contribution in [0.3, 0.4) is 0 Å². The first-order valence-corrected chi connectivity index (χ1v) is 9.92. The summed E-state index contributed by atoms with van der Waals surface area (Å²) in [6.07, 6.45) is 2.30. The molecule has 0 radical (unpaired) electrons. The topological polar surface area (TPSA) is 66.5 Å². The van der Waals surface area contributed by atoms with Crippen LogP contribution >= 0.6 is 0 Å². The number of para-hydroxylation sites is 1. The van der Waals surface area contributed by atoms with Crippen molar-refractivity contribution in [1.29, 1.82) is 0 Å². The van der Waals surface area contributed by atoms with E-state index in [2.05, 4.69) is 5.32 Å². The first kappa shape index (κ1) is 17.5. The van der Waals surface area contributed by atoms with Gasteiger partial charge in [-0.1, -0.05) is 24.3 Å². The van der Waals surface area contributed by atoms with Crippen LogP contribution in [-0.4, -0.2) is 27.4 Å². The number of carbonyl (C=O) groups is 1. The van der Waals surface area contributed by atoms with Crippen molar-refractivity contribution in [2.24, 2.45) is 5.92 Å². The zero-order valence-corrected chi connectivity index (χ0v) is 15.0. The summed E-state index contributed by atoms with van der Waals surface area (Å²) in [7, 11) is -3.73. The molecule has 1 fully saturated rings. The minimum atomic E-state index is -3.73. The van der Waals surface area contributed by atoms with Crippen molar-refractivity contribution in [3.63, 3.8) is 0 Å². The van der Waals surface area contributed by atoms with Crippen molar-refractivity contribution < 1.29 is 13.2 Å². The van der Waals surface area contributed by atoms with E-state index < -0.39 is 10.0 Å². The van der Waals surface area contributed by atoms with Crippen LogP contribution in [0.25, 0.3) is 0 Å². The van der Waals surface area contributed by atoms with E-state index in [-0.39, 0.29) is 10.8 Å². The minimum absolute atomic E-state index is 0.122. The summed E-state index contributed by atoms with van der Waals surface area (Å²) < 4.78 is 27.4. The molecule has 1 aliphatic rings. The Morgan fingerprint density at radius 1 is 1.12 bits per heavy atom. The summed E-state index contributed by atoms with van der Waals surface area (Å²) in [6, 6.07) is 15.2. The number of hydrogen-bond donors (Lipinski definition) is 1. The summed E-state index contributed by atoms with van der Waals surface area (Å²) in [6.45, 7) is 2.75. The van der Waals surface area contributed by atoms with Gasteiger partial charge in [-0.2, -0.15) is 0 Å². The lowest BCUT2D eigenvalue weighted by Crippen LogP contribution is -2.31. The van der Waals surface area contributed by atoms with Crippen molar-refractivity contribution >= 4 is 21.6 Å². The van der Waals surface area contributed by atoms with Crippen molar-refractivity contribution in [1.82, 2.24) is 5.32 Å². The Hall–Kier alpha value is -2.34. The van der Waals surface area contributed by atoms with Crippen molar-refractivity contribution in [2.45, 2.75) is 24.7 Å². The quantitative estimate of drug-likeness (QED) is 0.827. The van der Waals surface area contributed by atoms with Gasteiger partial charge in [-0.05, 0) is 56.0 Å². The molecule has 5 nitrogen and oxygen atoms in total. The smallest absolute Gasteiger partial charge is 0.264 e. The Morgan fingerprint density at radius 2 is 1.84 bits per heavy atom. The van der Waals surface area contributed by atoms with E-state index in [0.717, 1.165) is 12.8 Å². The van der Waals surface area contributed by atoms with Gasteiger partial charge in [0.15, 0.2) is 0 Å². The zero-order chi connectivity index (χ0) is 17.9. The van der Waals surface area contributed by atoms with Gasteiger partial charge in [-0.25, -0.2) is 8.42 Å². The fourth-order valence-corrected chi connectivity index (χ4v) is 4.19. The number of hydrogen-bond acceptors (Lipinski definition) is 3. The molecule has 3 rings (SSSR count). The van der Waals surface area contributed by atoms with E-state index in [1.165, 1.54) is 16.4 Å². The Balaban J connectivity index is 1.86. The lowest BCUT2D eigenvalue weighted by Gasteiger charge is -2.23. The number of sulfonamides is 1. The molecule has 0 aromatic heterocycles. The van der Waals surface area contributed by atoms with Crippen molar-refractivity contribution in [2.75, 3.05) is 17.4 Å². The predicted molar refractivity (Wildman–Crippen MR) is 98.1 cm³/mol. The van der Waals surface area contributed by atoms with Crippen molar-refractivity contribution in [3.8, 4) is 0 Å². The second kappa shape index (κ2) is 7.27. The molecule has 2 aromatic carbocycles. The van der Waals surface area contributed by atoms with Crippen LogP contribution in [0.1, 0.15) is 30.1 Å². The third kappa shape index (κ3) is 4.02. The highest BCUT2D eigenvalue weighted by atomic mass is 32.2. The maximum absolute atomic E-state index is 13.0. The van der Waals surface area contributed by atoms with E-state index in [9.17, 15) is 13.2 Å². The Morgan fingerprint density at radius 3 is 2.48 bits per heavy atom. The molecular formula is C19H22N2O3S. The molecule has 0 bridgehead atoms. The molecular weight excluding hydrogens is 336 g/mol. The van der Waals surface area contributed by atoms with Crippen LogP contribution in [-0.2, 0) is 10.0 Å². The molecule has 0 unspecified atom stereocenters. The van der Waals surface area contributed by atoms with Gasteiger partial charge >= 0.3 is 0 Å². The second-order valence-corrected chi connectivity index (χ2v) is 8.05. The molecule has 132 valence electrons. The van der Waals surface area contributed by atoms with Crippen LogP contribution in [0.4, 0.5) is 5.69 Å². The monoisotopic (exact) mass is 358 g/mol. The Kier molecular flexibility index (Phi) is 5.08. The molecule has 1 saturated carbocycles. The molecule has 0 spiro atoms. The summed E-state index contributed by atoms with van der Waals surface area (Å²) in [4.78, 5) is 12.4. The molecule has 0 aliphatic heterocycles. The Bertz CT molecular complexity index is 846. The standard InChI is InChI=1S/C19H22N2O3S/c1-2-21(17-8-4-3-5-9-17)25(23,24)18-10-6-7-16(13-18)19(22)20-14-15-11-12-15/h3-10,13,15H,2,11-12,14H2,1H3,(H,20,22). The molecule has 0 heterocycles. The number of anilines is 1. The minimum Gasteiger partial charge on any atom is -0.352 e. The van der Waals surface area contributed by atoms with E-state index in [1.54, 1.807) is 43.3 Å². The molecule has 1 aliphatic carbocycles. The molecule has 0 atom stereocenters. The maximum Gasteiger partial charge on any atom is 0.264 e. The molecule has 25 heavy (non-hydrogen) atoms. The van der Waals surface area contributed by atoms with E-state index >= 15 is 0 Å². The highest BCUT2D eigenvalue weighted by Gasteiger charge is 2.25. The lowest BCUT2D eigenvalue weighted by molar-refractivity contribution is 0.0951. The van der Waals surface area contributed by atoms with Crippen LogP contribution in [0.2, 0.25) is 0 Å². The van der Waals surface area contributed by atoms with Crippen LogP contribution in [0, 0.1) is 5.92 Å². The molecule has 0 saturated heterocycles. The molecule has 2 aromatic rings. The molecule has 1 amide bonds. The number of carbonyl (C=O) groups excluding carboxylic acids is 1. The van der Waals surface area contributed by atoms with Crippen molar-refractivity contribution in [3.05, 3.63) is 60.2 Å². The van der Waals surface area contributed by atoms with Gasteiger partial charge < -0.3 is 5.32 Å². The average Bonchev–Trinajstić information content (AvgIpc) is 3.45. The third-order valence-electron chi connectivity index (χ3n) is 4.26. The number of nitrogens with zero attached hydrogens (tertiary/aromatic N) is 1. The maximum atomic E-state index is 13.0. The van der Waals surface area contributed by atoms with E-state index in [1.807, 2.05) is 6.07 Å². The highest BCUT2D eigenvalue weighted by Crippen LogP contribution is 2.28. The largest absolute Gasteiger partial charge is 0.352 e. The molecule has 1 N–H and O–H groups in total. The summed E-state index contributed by atoms with van der Waals surface area (Å²) in [5.74, 6) is 0.344. The second-order valence-electron chi connectivity index (χ2n) is 6.19. The number of amides is 1. The van der Waals surface area contributed by atoms with Crippen LogP contribution < -0.4 is 9.62 Å². The summed E-state index contributed by atoms with van der Waals surface area (Å²) in [5, 5.41) is 2.87. The lowest BCUT2D eigenvalue weighted by atomic mass is 10.2. The molecule has 6 heteroatoms. The van der Waals surface area contributed by atoms with Gasteiger partial charge in [0.25, 0.3) is 15.9 Å². The van der Waals surface area contributed by atoms with Gasteiger partial charge in [-0.3, -0.25) is 9.10 Å². The van der Waals surface area contributed by atoms with Gasteiger partial charge in [0.05, 0.1) is 10.6 Å². The number of nitrogens with one attached hydrogen (secondary N) is 1. The normalized spacial score (nSPS) is 14.1. The zero-order valence-electron chi connectivity index (χ0n) is 14.2.